The van der Waals surface area contributed by atoms with Crippen LogP contribution >= 0.6 is 0 Å². The highest BCUT2D eigenvalue weighted by molar-refractivity contribution is 6.00. The maximum Gasteiger partial charge on any atom is 0.254 e. The summed E-state index contributed by atoms with van der Waals surface area (Å²) in [6.07, 6.45) is 2.16. The average molecular weight is 437 g/mol. The van der Waals surface area contributed by atoms with Gasteiger partial charge in [0, 0.05) is 24.4 Å². The number of aliphatic hydroxyl groups excluding tert-OH is 1. The van der Waals surface area contributed by atoms with Gasteiger partial charge in [-0.05, 0) is 36.1 Å². The van der Waals surface area contributed by atoms with E-state index < -0.39 is 0 Å². The summed E-state index contributed by atoms with van der Waals surface area (Å²) in [5.41, 5.74) is 6.44. The van der Waals surface area contributed by atoms with Crippen LogP contribution in [0.3, 0.4) is 0 Å². The Morgan fingerprint density at radius 2 is 1.94 bits per heavy atom. The van der Waals surface area contributed by atoms with Crippen LogP contribution in [0.25, 0.3) is 11.1 Å². The van der Waals surface area contributed by atoms with E-state index in [9.17, 15) is 4.79 Å². The first-order valence-corrected chi connectivity index (χ1v) is 10.8. The first-order chi connectivity index (χ1) is 15.7. The number of hydrogen-bond acceptors (Lipinski definition) is 7. The van der Waals surface area contributed by atoms with Gasteiger partial charge < -0.3 is 14.8 Å². The van der Waals surface area contributed by atoms with Gasteiger partial charge in [0.05, 0.1) is 18.9 Å². The van der Waals surface area contributed by atoms with Crippen molar-refractivity contribution in [1.29, 1.82) is 0 Å². The molecular formula is C24H28N4O4. The Morgan fingerprint density at radius 3 is 2.66 bits per heavy atom. The van der Waals surface area contributed by atoms with Crippen LogP contribution in [0.5, 0.6) is 0 Å². The molecule has 0 bridgehead atoms. The van der Waals surface area contributed by atoms with Gasteiger partial charge in [0.15, 0.2) is 6.23 Å². The predicted octanol–water partition coefficient (Wildman–Crippen LogP) is 2.99. The zero-order chi connectivity index (χ0) is 22.3. The van der Waals surface area contributed by atoms with Crippen molar-refractivity contribution in [3.05, 3.63) is 60.2 Å². The fourth-order valence-electron chi connectivity index (χ4n) is 4.11. The second-order valence-corrected chi connectivity index (χ2v) is 7.88. The van der Waals surface area contributed by atoms with Crippen LogP contribution < -0.4 is 5.48 Å². The summed E-state index contributed by atoms with van der Waals surface area (Å²) in [4.78, 5) is 30.0. The summed E-state index contributed by atoms with van der Waals surface area (Å²) in [5.74, 6) is 0.628. The minimum absolute atomic E-state index is 0.00843. The lowest BCUT2D eigenvalue weighted by atomic mass is 10.0. The first-order valence-electron chi connectivity index (χ1n) is 10.8. The third kappa shape index (κ3) is 5.15. The smallest absolute Gasteiger partial charge is 0.254 e. The first kappa shape index (κ1) is 22.0. The number of aliphatic hydroxyl groups is 1. The average Bonchev–Trinajstić information content (AvgIpc) is 3.45. The normalized spacial score (nSPS) is 21.5. The van der Waals surface area contributed by atoms with Gasteiger partial charge >= 0.3 is 0 Å². The lowest BCUT2D eigenvalue weighted by Crippen LogP contribution is -2.36. The molecule has 8 nitrogen and oxygen atoms in total. The van der Waals surface area contributed by atoms with E-state index in [0.29, 0.717) is 37.2 Å². The van der Waals surface area contributed by atoms with E-state index in [1.54, 1.807) is 0 Å². The number of amides is 1. The Labute approximate surface area is 187 Å². The molecule has 2 aliphatic heterocycles. The molecule has 4 rings (SSSR count). The second kappa shape index (κ2) is 10.4. The van der Waals surface area contributed by atoms with E-state index in [0.717, 1.165) is 23.3 Å². The number of nitrogens with one attached hydrogen (secondary N) is 1. The van der Waals surface area contributed by atoms with Crippen molar-refractivity contribution in [2.75, 3.05) is 20.3 Å². The molecule has 2 aliphatic rings. The zero-order valence-electron chi connectivity index (χ0n) is 18.1. The van der Waals surface area contributed by atoms with Gasteiger partial charge in [0.2, 0.25) is 0 Å². The minimum Gasteiger partial charge on any atom is -0.399 e. The molecule has 2 unspecified atom stereocenters. The van der Waals surface area contributed by atoms with Crippen LogP contribution in [0.4, 0.5) is 0 Å². The lowest BCUT2D eigenvalue weighted by molar-refractivity contribution is 0.0269. The van der Waals surface area contributed by atoms with E-state index in [2.05, 4.69) is 27.8 Å². The summed E-state index contributed by atoms with van der Waals surface area (Å²) in [6.45, 7) is 0.466. The molecule has 2 aromatic carbocycles. The maximum atomic E-state index is 13.3. The number of benzene rings is 2. The topological polar surface area (TPSA) is 95.8 Å². The molecule has 2 heterocycles. The number of likely N-dealkylation sites (tertiary alicyclic amines) is 1. The van der Waals surface area contributed by atoms with Gasteiger partial charge in [0.25, 0.3) is 5.91 Å². The largest absolute Gasteiger partial charge is 0.399 e. The summed E-state index contributed by atoms with van der Waals surface area (Å²) in [7, 11) is 1.52. The van der Waals surface area contributed by atoms with Crippen LogP contribution in [0.2, 0.25) is 0 Å². The van der Waals surface area contributed by atoms with Gasteiger partial charge in [-0.15, -0.1) is 0 Å². The summed E-state index contributed by atoms with van der Waals surface area (Å²) in [6, 6.07) is 17.8. The van der Waals surface area contributed by atoms with E-state index in [1.807, 2.05) is 47.4 Å². The molecule has 0 radical (unpaired) electrons. The number of amidine groups is 1. The van der Waals surface area contributed by atoms with Crippen LogP contribution in [0.1, 0.15) is 36.0 Å². The molecule has 2 aromatic rings. The number of aliphatic imine (C=N–C) groups is 1. The highest BCUT2D eigenvalue weighted by Crippen LogP contribution is 2.26. The molecule has 8 heteroatoms. The molecule has 2 N–H and O–H groups in total. The lowest BCUT2D eigenvalue weighted by Gasteiger charge is -2.24. The van der Waals surface area contributed by atoms with Gasteiger partial charge in [-0.25, -0.2) is 9.83 Å². The van der Waals surface area contributed by atoms with Crippen molar-refractivity contribution in [3.63, 3.8) is 0 Å². The molecule has 168 valence electrons. The monoisotopic (exact) mass is 436 g/mol. The molecule has 0 aliphatic carbocycles. The van der Waals surface area contributed by atoms with Crippen LogP contribution in [0.15, 0.2) is 64.7 Å². The number of hydroxylamine groups is 1. The minimum atomic E-state index is -0.318. The number of oxime groups is 1. The van der Waals surface area contributed by atoms with Gasteiger partial charge in [-0.2, -0.15) is 0 Å². The van der Waals surface area contributed by atoms with Crippen molar-refractivity contribution in [3.8, 4) is 11.1 Å². The standard InChI is InChI=1S/C24H28N4O4/c1-31-26-20-15-21(11-12-23-25-22(13-14-29)27-32-23)28(16-20)24(30)19-9-7-18(8-10-19)17-5-3-2-4-6-17/h2-10,21,23,29H,11-16H2,1H3,(H,25,27)/b26-20-. The Kier molecular flexibility index (Phi) is 7.14. The Bertz CT molecular complexity index is 975. The maximum absolute atomic E-state index is 13.3. The van der Waals surface area contributed by atoms with Gasteiger partial charge in [-0.3, -0.25) is 10.3 Å². The molecule has 1 saturated heterocycles. The van der Waals surface area contributed by atoms with E-state index >= 15 is 0 Å². The van der Waals surface area contributed by atoms with Crippen LogP contribution in [0, 0.1) is 0 Å². The summed E-state index contributed by atoms with van der Waals surface area (Å²) < 4.78 is 0. The van der Waals surface area contributed by atoms with E-state index in [4.69, 9.17) is 14.8 Å². The summed E-state index contributed by atoms with van der Waals surface area (Å²) >= 11 is 0. The van der Waals surface area contributed by atoms with Crippen LogP contribution in [-0.4, -0.2) is 60.0 Å². The second-order valence-electron chi connectivity index (χ2n) is 7.88. The van der Waals surface area contributed by atoms with Crippen molar-refractivity contribution in [1.82, 2.24) is 10.4 Å². The van der Waals surface area contributed by atoms with E-state index in [1.165, 1.54) is 7.11 Å². The highest BCUT2D eigenvalue weighted by atomic mass is 16.7. The predicted molar refractivity (Wildman–Crippen MR) is 122 cm³/mol. The van der Waals surface area contributed by atoms with Crippen molar-refractivity contribution in [2.45, 2.75) is 38.0 Å². The Morgan fingerprint density at radius 1 is 1.19 bits per heavy atom. The summed E-state index contributed by atoms with van der Waals surface area (Å²) in [5, 5.41) is 13.1. The molecular weight excluding hydrogens is 408 g/mol. The molecule has 32 heavy (non-hydrogen) atoms. The van der Waals surface area contributed by atoms with Gasteiger partial charge in [0.1, 0.15) is 12.9 Å². The molecule has 0 spiro atoms. The van der Waals surface area contributed by atoms with Crippen molar-refractivity contribution in [2.24, 2.45) is 10.1 Å². The van der Waals surface area contributed by atoms with Crippen molar-refractivity contribution < 1.29 is 19.6 Å². The quantitative estimate of drug-likeness (QED) is 0.621. The Hall–Kier alpha value is -3.23. The molecule has 0 aromatic heterocycles. The molecule has 1 amide bonds. The fourth-order valence-corrected chi connectivity index (χ4v) is 4.11. The SMILES string of the molecule is CO/N=C1/CC(CCC2N=C(CCO)NO2)N(C(=O)c2ccc(-c3ccccc3)cc2)C1. The van der Waals surface area contributed by atoms with Crippen LogP contribution in [-0.2, 0) is 9.68 Å². The fraction of sp³-hybridized carbons (Fsp3) is 0.375. The third-order valence-electron chi connectivity index (χ3n) is 5.69. The number of nitrogens with zero attached hydrogens (tertiary/aromatic N) is 3. The van der Waals surface area contributed by atoms with E-state index in [-0.39, 0.29) is 24.8 Å². The third-order valence-corrected chi connectivity index (χ3v) is 5.69. The van der Waals surface area contributed by atoms with Crippen molar-refractivity contribution >= 4 is 17.5 Å². The number of hydrogen-bond donors (Lipinski definition) is 2. The molecule has 2 atom stereocenters. The Balaban J connectivity index is 1.44. The number of carbonyl (C=O) groups is 1. The zero-order valence-corrected chi connectivity index (χ0v) is 18.1. The van der Waals surface area contributed by atoms with Gasteiger partial charge in [-0.1, -0.05) is 47.6 Å². The number of carbonyl (C=O) groups excluding carboxylic acids is 1. The molecule has 1 fully saturated rings. The highest BCUT2D eigenvalue weighted by Gasteiger charge is 2.34. The molecule has 0 saturated carbocycles. The number of rotatable bonds is 8.